The second-order valence-electron chi connectivity index (χ2n) is 10.3. The summed E-state index contributed by atoms with van der Waals surface area (Å²) in [6.45, 7) is 1.08. The van der Waals surface area contributed by atoms with Gasteiger partial charge < -0.3 is 5.11 Å². The van der Waals surface area contributed by atoms with E-state index in [1.54, 1.807) is 77.0 Å². The minimum absolute atomic E-state index is 0.833. The fourth-order valence-corrected chi connectivity index (χ4v) is 7.97. The van der Waals surface area contributed by atoms with Crippen LogP contribution >= 0.6 is 0 Å². The lowest BCUT2D eigenvalue weighted by Crippen LogP contribution is -2.38. The molecule has 0 spiro atoms. The molecule has 1 N–H and O–H groups in total. The van der Waals surface area contributed by atoms with Gasteiger partial charge in [-0.15, -0.1) is 0 Å². The molecule has 0 aromatic carbocycles. The molecular weight excluding hydrogens is 296 g/mol. The van der Waals surface area contributed by atoms with Crippen LogP contribution in [0.4, 0.5) is 0 Å². The molecular formula is C22H36O2. The van der Waals surface area contributed by atoms with E-state index in [-0.39, 0.29) is 0 Å². The molecule has 24 heavy (non-hydrogen) atoms. The van der Waals surface area contributed by atoms with E-state index in [1.165, 1.54) is 47.3 Å². The van der Waals surface area contributed by atoms with Crippen LogP contribution in [0.1, 0.15) is 84.0 Å². The lowest BCUT2D eigenvalue weighted by atomic mass is 9.56. The van der Waals surface area contributed by atoms with Crippen molar-refractivity contribution in [3.05, 3.63) is 0 Å². The smallest absolute Gasteiger partial charge is 0.300 e. The van der Waals surface area contributed by atoms with Crippen LogP contribution in [0.5, 0.6) is 0 Å². The van der Waals surface area contributed by atoms with E-state index < -0.39 is 5.97 Å². The average Bonchev–Trinajstić information content (AvgIpc) is 2.44. The first-order valence-electron chi connectivity index (χ1n) is 10.7. The lowest BCUT2D eigenvalue weighted by molar-refractivity contribution is -0.134. The van der Waals surface area contributed by atoms with Crippen molar-refractivity contribution in [3.63, 3.8) is 0 Å². The highest BCUT2D eigenvalue weighted by molar-refractivity contribution is 5.62. The summed E-state index contributed by atoms with van der Waals surface area (Å²) in [5, 5.41) is 7.42. The van der Waals surface area contributed by atoms with E-state index >= 15 is 0 Å². The number of carboxylic acids is 1. The number of carboxylic acid groups (broad SMARTS) is 1. The van der Waals surface area contributed by atoms with Gasteiger partial charge in [0.25, 0.3) is 5.97 Å². The van der Waals surface area contributed by atoms with Gasteiger partial charge in [0.2, 0.25) is 0 Å². The lowest BCUT2D eigenvalue weighted by Gasteiger charge is -2.49. The monoisotopic (exact) mass is 332 g/mol. The van der Waals surface area contributed by atoms with Crippen molar-refractivity contribution >= 4 is 5.97 Å². The summed E-state index contributed by atoms with van der Waals surface area (Å²) in [6, 6.07) is 0. The van der Waals surface area contributed by atoms with Gasteiger partial charge in [0.1, 0.15) is 0 Å². The minimum Gasteiger partial charge on any atom is -0.481 e. The summed E-state index contributed by atoms with van der Waals surface area (Å²) in [5.74, 6) is 8.58. The largest absolute Gasteiger partial charge is 0.481 e. The number of carbonyl (C=O) groups is 1. The molecule has 0 aromatic heterocycles. The van der Waals surface area contributed by atoms with Gasteiger partial charge in [0, 0.05) is 6.92 Å². The summed E-state index contributed by atoms with van der Waals surface area (Å²) in [6.07, 6.45) is 19.2. The van der Waals surface area contributed by atoms with Gasteiger partial charge in [-0.2, -0.15) is 0 Å². The molecule has 0 radical (unpaired) electrons. The summed E-state index contributed by atoms with van der Waals surface area (Å²) < 4.78 is 0. The van der Waals surface area contributed by atoms with Crippen LogP contribution in [-0.2, 0) is 4.79 Å². The summed E-state index contributed by atoms with van der Waals surface area (Å²) in [7, 11) is 0. The number of rotatable bonds is 0. The standard InChI is InChI=1S/2C10H16.C2H4O2/c2*1-7-2-9-4-8(1)5-10(3-7)6-9;1-2(3)4/h2*7-10H,1-6H2;1H3,(H,3,4). The molecule has 8 saturated carbocycles. The van der Waals surface area contributed by atoms with Crippen LogP contribution in [0.25, 0.3) is 0 Å². The molecule has 0 atom stereocenters. The fraction of sp³-hybridized carbons (Fsp3) is 0.955. The van der Waals surface area contributed by atoms with Gasteiger partial charge in [-0.25, -0.2) is 0 Å². The van der Waals surface area contributed by atoms with Gasteiger partial charge in [0.15, 0.2) is 0 Å². The zero-order valence-electron chi connectivity index (χ0n) is 15.5. The van der Waals surface area contributed by atoms with E-state index in [1.807, 2.05) is 0 Å². The molecule has 8 fully saturated rings. The van der Waals surface area contributed by atoms with Crippen LogP contribution in [0.15, 0.2) is 0 Å². The molecule has 2 heteroatoms. The Labute approximate surface area is 147 Å². The first kappa shape index (κ1) is 16.9. The molecule has 136 valence electrons. The number of hydrogen-bond acceptors (Lipinski definition) is 1. The Morgan fingerprint density at radius 2 is 0.583 bits per heavy atom. The maximum absolute atomic E-state index is 9.00. The van der Waals surface area contributed by atoms with E-state index in [4.69, 9.17) is 9.90 Å². The average molecular weight is 333 g/mol. The van der Waals surface area contributed by atoms with E-state index in [9.17, 15) is 0 Å². The molecule has 0 unspecified atom stereocenters. The van der Waals surface area contributed by atoms with Gasteiger partial charge in [0.05, 0.1) is 0 Å². The second kappa shape index (κ2) is 7.00. The maximum Gasteiger partial charge on any atom is 0.300 e. The van der Waals surface area contributed by atoms with Gasteiger partial charge in [-0.05, 0) is 124 Å². The minimum atomic E-state index is -0.833. The van der Waals surface area contributed by atoms with Crippen molar-refractivity contribution in [1.29, 1.82) is 0 Å². The molecule has 8 rings (SSSR count). The number of aliphatic carboxylic acids is 1. The van der Waals surface area contributed by atoms with Gasteiger partial charge >= 0.3 is 0 Å². The topological polar surface area (TPSA) is 37.3 Å². The third kappa shape index (κ3) is 3.99. The van der Waals surface area contributed by atoms with Crippen molar-refractivity contribution in [2.45, 2.75) is 84.0 Å². The third-order valence-corrected chi connectivity index (χ3v) is 8.00. The molecule has 8 aliphatic carbocycles. The Morgan fingerprint density at radius 3 is 0.667 bits per heavy atom. The van der Waals surface area contributed by atoms with Crippen LogP contribution in [0.3, 0.4) is 0 Å². The van der Waals surface area contributed by atoms with Crippen LogP contribution < -0.4 is 0 Å². The Morgan fingerprint density at radius 1 is 0.500 bits per heavy atom. The predicted octanol–water partition coefficient (Wildman–Crippen LogP) is 5.76. The third-order valence-electron chi connectivity index (χ3n) is 8.00. The molecule has 0 amide bonds. The predicted molar refractivity (Wildman–Crippen MR) is 96.6 cm³/mol. The Bertz CT molecular complexity index is 302. The summed E-state index contributed by atoms with van der Waals surface area (Å²) in [5.41, 5.74) is 0. The normalized spacial score (nSPS) is 49.0. The highest BCUT2D eigenvalue weighted by atomic mass is 16.4. The molecule has 2 nitrogen and oxygen atoms in total. The van der Waals surface area contributed by atoms with E-state index in [0.717, 1.165) is 6.92 Å². The Hall–Kier alpha value is -0.530. The number of hydrogen-bond donors (Lipinski definition) is 1. The van der Waals surface area contributed by atoms with E-state index in [2.05, 4.69) is 0 Å². The molecule has 0 heterocycles. The first-order valence-corrected chi connectivity index (χ1v) is 10.7. The van der Waals surface area contributed by atoms with Crippen molar-refractivity contribution in [1.82, 2.24) is 0 Å². The molecule has 8 bridgehead atoms. The zero-order chi connectivity index (χ0) is 16.7. The quantitative estimate of drug-likeness (QED) is 0.612. The zero-order valence-corrected chi connectivity index (χ0v) is 15.5. The summed E-state index contributed by atoms with van der Waals surface area (Å²) in [4.78, 5) is 9.00. The van der Waals surface area contributed by atoms with Gasteiger partial charge in [-0.1, -0.05) is 0 Å². The highest BCUT2D eigenvalue weighted by Gasteiger charge is 2.42. The van der Waals surface area contributed by atoms with Gasteiger partial charge in [-0.3, -0.25) is 4.79 Å². The van der Waals surface area contributed by atoms with Crippen LogP contribution in [0.2, 0.25) is 0 Å². The second-order valence-corrected chi connectivity index (χ2v) is 10.3. The molecule has 0 aromatic rings. The van der Waals surface area contributed by atoms with Crippen molar-refractivity contribution in [2.75, 3.05) is 0 Å². The molecule has 8 aliphatic rings. The van der Waals surface area contributed by atoms with Crippen LogP contribution in [-0.4, -0.2) is 11.1 Å². The van der Waals surface area contributed by atoms with Crippen molar-refractivity contribution in [3.8, 4) is 0 Å². The first-order chi connectivity index (χ1) is 11.5. The SMILES string of the molecule is C1C2CC3CC1CC(C2)C3.C1C2CC3CC1CC(C2)C3.CC(=O)O. The Balaban J connectivity index is 0.000000101. The molecule has 0 saturated heterocycles. The highest BCUT2D eigenvalue weighted by Crippen LogP contribution is 2.54. The summed E-state index contributed by atoms with van der Waals surface area (Å²) >= 11 is 0. The van der Waals surface area contributed by atoms with E-state index in [0.29, 0.717) is 0 Å². The van der Waals surface area contributed by atoms with Crippen molar-refractivity contribution in [2.24, 2.45) is 47.3 Å². The van der Waals surface area contributed by atoms with Crippen molar-refractivity contribution < 1.29 is 9.90 Å². The van der Waals surface area contributed by atoms with Crippen LogP contribution in [0, 0.1) is 47.3 Å². The Kier molecular flexibility index (Phi) is 4.93. The maximum atomic E-state index is 9.00. The molecule has 0 aliphatic heterocycles. The fourth-order valence-electron chi connectivity index (χ4n) is 7.97.